The molecule has 0 aliphatic carbocycles. The maximum atomic E-state index is 11.6. The standard InChI is InChI=1S/C18H35NO4.H3N/c1-3-4-5-6-7-8-9-10-11-12-13-14-16(21)19-17(15(2)20)18(22)23;/h15,17,20H,3-14H2,1-2H3,(H,19,21)(H,22,23);1H3/t15-,17+;/m1./s1. The van der Waals surface area contributed by atoms with Crippen molar-refractivity contribution in [1.82, 2.24) is 11.5 Å². The van der Waals surface area contributed by atoms with Crippen LogP contribution in [-0.2, 0) is 9.59 Å². The van der Waals surface area contributed by atoms with Crippen LogP contribution in [0.1, 0.15) is 90.9 Å². The number of quaternary nitrogens is 1. The van der Waals surface area contributed by atoms with Gasteiger partial charge in [-0.25, -0.2) is 0 Å². The Labute approximate surface area is 147 Å². The van der Waals surface area contributed by atoms with Crippen molar-refractivity contribution in [2.75, 3.05) is 0 Å². The highest BCUT2D eigenvalue weighted by atomic mass is 16.4. The van der Waals surface area contributed by atoms with Gasteiger partial charge in [-0.15, -0.1) is 0 Å². The number of unbranched alkanes of at least 4 members (excludes halogenated alkanes) is 10. The average molecular weight is 347 g/mol. The van der Waals surface area contributed by atoms with E-state index < -0.39 is 18.1 Å². The molecule has 0 saturated carbocycles. The Morgan fingerprint density at radius 1 is 0.917 bits per heavy atom. The summed E-state index contributed by atoms with van der Waals surface area (Å²) in [7, 11) is 0. The first-order valence-corrected chi connectivity index (χ1v) is 9.17. The van der Waals surface area contributed by atoms with E-state index in [9.17, 15) is 19.8 Å². The van der Waals surface area contributed by atoms with Gasteiger partial charge in [0, 0.05) is 6.42 Å². The van der Waals surface area contributed by atoms with Crippen molar-refractivity contribution >= 4 is 11.9 Å². The monoisotopic (exact) mass is 346 g/mol. The third-order valence-corrected chi connectivity index (χ3v) is 4.06. The summed E-state index contributed by atoms with van der Waals surface area (Å²) in [5, 5.41) is 22.3. The molecule has 2 atom stereocenters. The Morgan fingerprint density at radius 2 is 1.33 bits per heavy atom. The Bertz CT molecular complexity index is 322. The number of carboxylic acids is 1. The molecule has 6 nitrogen and oxygen atoms in total. The fourth-order valence-electron chi connectivity index (χ4n) is 2.57. The number of hydrogen-bond donors (Lipinski definition) is 3. The van der Waals surface area contributed by atoms with Gasteiger partial charge in [-0.05, 0) is 13.3 Å². The first-order valence-electron chi connectivity index (χ1n) is 9.17. The third-order valence-electron chi connectivity index (χ3n) is 4.06. The zero-order valence-corrected chi connectivity index (χ0v) is 15.8. The van der Waals surface area contributed by atoms with Crippen molar-refractivity contribution in [3.05, 3.63) is 0 Å². The minimum atomic E-state index is -1.45. The maximum Gasteiger partial charge on any atom is 0.220 e. The first kappa shape index (κ1) is 25.1. The van der Waals surface area contributed by atoms with Crippen LogP contribution in [0, 0.1) is 0 Å². The van der Waals surface area contributed by atoms with Crippen LogP contribution in [0.2, 0.25) is 0 Å². The second-order valence-corrected chi connectivity index (χ2v) is 6.39. The van der Waals surface area contributed by atoms with Crippen LogP contribution in [0.25, 0.3) is 0 Å². The normalized spacial score (nSPS) is 13.0. The zero-order chi connectivity index (χ0) is 17.5. The molecule has 6 heteroatoms. The van der Waals surface area contributed by atoms with Crippen molar-refractivity contribution in [1.29, 1.82) is 0 Å². The molecular weight excluding hydrogens is 308 g/mol. The fraction of sp³-hybridized carbons (Fsp3) is 0.889. The molecule has 0 saturated heterocycles. The Kier molecular flexibility index (Phi) is 17.5. The first-order chi connectivity index (χ1) is 11.0. The van der Waals surface area contributed by atoms with Gasteiger partial charge in [0.05, 0.1) is 18.1 Å². The lowest BCUT2D eigenvalue weighted by Crippen LogP contribution is -2.53. The van der Waals surface area contributed by atoms with Crippen LogP contribution >= 0.6 is 0 Å². The fourth-order valence-corrected chi connectivity index (χ4v) is 2.57. The summed E-state index contributed by atoms with van der Waals surface area (Å²) in [6, 6.07) is -1.32. The number of aliphatic hydroxyl groups is 1. The lowest BCUT2D eigenvalue weighted by atomic mass is 10.1. The zero-order valence-electron chi connectivity index (χ0n) is 15.8. The molecule has 0 aromatic heterocycles. The SMILES string of the molecule is CCCCCCCCCCCCCC(=O)N[C@H](C(=O)[O-])[C@@H](C)O.[NH4+]. The van der Waals surface area contributed by atoms with E-state index in [1.54, 1.807) is 0 Å². The van der Waals surface area contributed by atoms with Crippen molar-refractivity contribution in [3.8, 4) is 0 Å². The minimum absolute atomic E-state index is 0. The van der Waals surface area contributed by atoms with E-state index in [4.69, 9.17) is 0 Å². The second-order valence-electron chi connectivity index (χ2n) is 6.39. The molecule has 6 N–H and O–H groups in total. The number of aliphatic hydroxyl groups excluding tert-OH is 1. The lowest BCUT2D eigenvalue weighted by molar-refractivity contribution is -0.310. The number of amides is 1. The van der Waals surface area contributed by atoms with Crippen LogP contribution in [0.5, 0.6) is 0 Å². The van der Waals surface area contributed by atoms with Gasteiger partial charge in [-0.2, -0.15) is 0 Å². The molecule has 0 heterocycles. The van der Waals surface area contributed by atoms with Gasteiger partial charge >= 0.3 is 0 Å². The van der Waals surface area contributed by atoms with E-state index in [0.717, 1.165) is 19.3 Å². The smallest absolute Gasteiger partial charge is 0.220 e. The van der Waals surface area contributed by atoms with E-state index in [1.807, 2.05) is 0 Å². The summed E-state index contributed by atoms with van der Waals surface area (Å²) < 4.78 is 0. The predicted molar refractivity (Wildman–Crippen MR) is 95.7 cm³/mol. The van der Waals surface area contributed by atoms with E-state index in [0.29, 0.717) is 6.42 Å². The number of carbonyl (C=O) groups excluding carboxylic acids is 2. The molecule has 0 aromatic carbocycles. The summed E-state index contributed by atoms with van der Waals surface area (Å²) in [5.41, 5.74) is 0. The van der Waals surface area contributed by atoms with Crippen molar-refractivity contribution in [2.24, 2.45) is 0 Å². The number of carboxylic acid groups (broad SMARTS) is 1. The predicted octanol–water partition coefficient (Wildman–Crippen LogP) is 2.68. The van der Waals surface area contributed by atoms with Gasteiger partial charge in [-0.1, -0.05) is 71.1 Å². The van der Waals surface area contributed by atoms with E-state index in [2.05, 4.69) is 12.2 Å². The molecule has 144 valence electrons. The van der Waals surface area contributed by atoms with Gasteiger partial charge in [0.15, 0.2) is 0 Å². The van der Waals surface area contributed by atoms with Crippen LogP contribution in [0.3, 0.4) is 0 Å². The number of nitrogens with one attached hydrogen (secondary N) is 1. The van der Waals surface area contributed by atoms with E-state index >= 15 is 0 Å². The Morgan fingerprint density at radius 3 is 1.71 bits per heavy atom. The Hall–Kier alpha value is -1.14. The van der Waals surface area contributed by atoms with Crippen molar-refractivity contribution < 1.29 is 19.8 Å². The molecule has 0 rings (SSSR count). The number of carbonyl (C=O) groups is 2. The van der Waals surface area contributed by atoms with Gasteiger partial charge in [0.2, 0.25) is 5.91 Å². The highest BCUT2D eigenvalue weighted by Crippen LogP contribution is 2.11. The molecule has 0 radical (unpaired) electrons. The van der Waals surface area contributed by atoms with Gasteiger partial charge in [0.25, 0.3) is 0 Å². The summed E-state index contributed by atoms with van der Waals surface area (Å²) in [6.45, 7) is 3.55. The molecule has 0 bridgehead atoms. The van der Waals surface area contributed by atoms with Gasteiger partial charge in [0.1, 0.15) is 0 Å². The van der Waals surface area contributed by atoms with E-state index in [1.165, 1.54) is 58.3 Å². The van der Waals surface area contributed by atoms with Crippen LogP contribution in [-0.4, -0.2) is 29.1 Å². The van der Waals surface area contributed by atoms with Crippen molar-refractivity contribution in [3.63, 3.8) is 0 Å². The molecular formula is C18H38N2O4. The second kappa shape index (κ2) is 16.7. The quantitative estimate of drug-likeness (QED) is 0.394. The molecule has 24 heavy (non-hydrogen) atoms. The molecule has 0 spiro atoms. The summed E-state index contributed by atoms with van der Waals surface area (Å²) in [6.07, 6.45) is 12.4. The van der Waals surface area contributed by atoms with Crippen LogP contribution in [0.4, 0.5) is 0 Å². The van der Waals surface area contributed by atoms with Crippen molar-refractivity contribution in [2.45, 2.75) is 103 Å². The van der Waals surface area contributed by atoms with E-state index in [-0.39, 0.29) is 12.1 Å². The summed E-state index contributed by atoms with van der Waals surface area (Å²) in [4.78, 5) is 22.4. The average Bonchev–Trinajstić information content (AvgIpc) is 2.49. The molecule has 1 amide bonds. The molecule has 0 unspecified atom stereocenters. The number of hydrogen-bond acceptors (Lipinski definition) is 4. The third kappa shape index (κ3) is 14.5. The maximum absolute atomic E-state index is 11.6. The lowest BCUT2D eigenvalue weighted by Gasteiger charge is -2.22. The topological polar surface area (TPSA) is 126 Å². The number of aliphatic carboxylic acids is 1. The van der Waals surface area contributed by atoms with Crippen LogP contribution < -0.4 is 16.6 Å². The molecule has 0 aromatic rings. The van der Waals surface area contributed by atoms with Gasteiger partial charge in [-0.3, -0.25) is 4.79 Å². The summed E-state index contributed by atoms with van der Waals surface area (Å²) in [5.74, 6) is -1.79. The Balaban J connectivity index is 0. The minimum Gasteiger partial charge on any atom is -0.548 e. The molecule has 0 aliphatic rings. The highest BCUT2D eigenvalue weighted by molar-refractivity contribution is 5.83. The largest absolute Gasteiger partial charge is 0.548 e. The number of rotatable bonds is 15. The molecule has 0 fully saturated rings. The van der Waals surface area contributed by atoms with Crippen LogP contribution in [0.15, 0.2) is 0 Å². The van der Waals surface area contributed by atoms with Gasteiger partial charge < -0.3 is 26.5 Å². The summed E-state index contributed by atoms with van der Waals surface area (Å²) >= 11 is 0. The highest BCUT2D eigenvalue weighted by Gasteiger charge is 2.18. The molecule has 0 aliphatic heterocycles.